The Bertz CT molecular complexity index is 336. The average Bonchev–Trinajstić information content (AvgIpc) is 2.79. The van der Waals surface area contributed by atoms with E-state index < -0.39 is 8.24 Å². The van der Waals surface area contributed by atoms with Gasteiger partial charge in [-0.2, -0.15) is 0 Å². The van der Waals surface area contributed by atoms with Gasteiger partial charge >= 0.3 is 0 Å². The highest BCUT2D eigenvalue weighted by atomic mass is 28.3. The van der Waals surface area contributed by atoms with E-state index in [1.807, 2.05) is 0 Å². The Morgan fingerprint density at radius 3 is 2.21 bits per heavy atom. The molecule has 0 bridgehead atoms. The molecular weight excluding hydrogens is 246 g/mol. The predicted molar refractivity (Wildman–Crippen MR) is 87.9 cm³/mol. The van der Waals surface area contributed by atoms with Crippen molar-refractivity contribution in [1.82, 2.24) is 4.98 Å². The van der Waals surface area contributed by atoms with Crippen LogP contribution in [0, 0.1) is 5.92 Å². The van der Waals surface area contributed by atoms with Crippen LogP contribution in [0.25, 0.3) is 0 Å². The van der Waals surface area contributed by atoms with E-state index in [4.69, 9.17) is 0 Å². The van der Waals surface area contributed by atoms with Crippen molar-refractivity contribution in [2.75, 3.05) is 0 Å². The number of hydrogen-bond acceptors (Lipinski definition) is 1. The molecule has 2 rings (SSSR count). The summed E-state index contributed by atoms with van der Waals surface area (Å²) in [5, 5.41) is 0.332. The molecule has 0 radical (unpaired) electrons. The van der Waals surface area contributed by atoms with Gasteiger partial charge in [0.1, 0.15) is 8.24 Å². The van der Waals surface area contributed by atoms with Crippen molar-refractivity contribution in [2.45, 2.75) is 76.5 Å². The van der Waals surface area contributed by atoms with Gasteiger partial charge in [-0.05, 0) is 25.2 Å². The van der Waals surface area contributed by atoms with E-state index in [1.54, 1.807) is 0 Å². The van der Waals surface area contributed by atoms with Crippen molar-refractivity contribution in [2.24, 2.45) is 5.92 Å². The minimum atomic E-state index is -1.49. The summed E-state index contributed by atoms with van der Waals surface area (Å²) in [5.74, 6) is 0.757. The fourth-order valence-electron chi connectivity index (χ4n) is 3.89. The molecule has 1 saturated carbocycles. The maximum Gasteiger partial charge on any atom is 0.133 e. The maximum atomic E-state index is 4.12. The summed E-state index contributed by atoms with van der Waals surface area (Å²) < 4.78 is 0. The van der Waals surface area contributed by atoms with Crippen LogP contribution < -0.4 is 4.98 Å². The number of rotatable bonds is 5. The highest BCUT2D eigenvalue weighted by molar-refractivity contribution is 6.79. The molecule has 0 aliphatic heterocycles. The van der Waals surface area contributed by atoms with Crippen LogP contribution >= 0.6 is 0 Å². The molecule has 1 fully saturated rings. The average molecular weight is 278 g/mol. The van der Waals surface area contributed by atoms with Gasteiger partial charge < -0.3 is 4.98 Å². The second kappa shape index (κ2) is 5.97. The molecule has 0 aromatic carbocycles. The van der Waals surface area contributed by atoms with Gasteiger partial charge in [-0.1, -0.05) is 70.5 Å². The summed E-state index contributed by atoms with van der Waals surface area (Å²) in [6.45, 7) is 9.77. The molecule has 2 aliphatic rings. The molecule has 0 atom stereocenters. The van der Waals surface area contributed by atoms with Gasteiger partial charge in [-0.3, -0.25) is 0 Å². The second-order valence-electron chi connectivity index (χ2n) is 7.46. The van der Waals surface area contributed by atoms with Crippen LogP contribution in [0.4, 0.5) is 0 Å². The zero-order valence-corrected chi connectivity index (χ0v) is 14.2. The molecule has 0 saturated heterocycles. The molecule has 1 nitrogen and oxygen atoms in total. The third kappa shape index (κ3) is 3.40. The minimum absolute atomic E-state index is 0.332. The van der Waals surface area contributed by atoms with E-state index >= 15 is 0 Å². The lowest BCUT2D eigenvalue weighted by atomic mass is 9.96. The summed E-state index contributed by atoms with van der Waals surface area (Å²) in [4.78, 5) is 4.12. The lowest BCUT2D eigenvalue weighted by Crippen LogP contribution is -2.58. The van der Waals surface area contributed by atoms with Gasteiger partial charge in [0.05, 0.1) is 0 Å². The van der Waals surface area contributed by atoms with Crippen molar-refractivity contribution in [1.29, 1.82) is 0 Å². The van der Waals surface area contributed by atoms with Crippen LogP contribution in [-0.2, 0) is 0 Å². The standard InChI is InChI=1S/C17H31NSi/c1-15(2)14-17(12-8-9-13-17)19(3,4)18-16-10-6-5-7-11-16/h8-9,12-13,15-16,18H,5-7,10-11,14H2,1-4H3. The Morgan fingerprint density at radius 2 is 1.68 bits per heavy atom. The maximum absolute atomic E-state index is 4.12. The molecule has 0 unspecified atom stereocenters. The third-order valence-corrected chi connectivity index (χ3v) is 8.97. The molecule has 0 spiro atoms. The van der Waals surface area contributed by atoms with Gasteiger partial charge in [-0.15, -0.1) is 0 Å². The van der Waals surface area contributed by atoms with E-state index in [9.17, 15) is 0 Å². The van der Waals surface area contributed by atoms with Crippen LogP contribution in [0.1, 0.15) is 52.4 Å². The topological polar surface area (TPSA) is 12.0 Å². The summed E-state index contributed by atoms with van der Waals surface area (Å²) in [5.41, 5.74) is 0. The van der Waals surface area contributed by atoms with Crippen LogP contribution in [0.2, 0.25) is 18.1 Å². The van der Waals surface area contributed by atoms with Gasteiger partial charge in [0.2, 0.25) is 0 Å². The van der Waals surface area contributed by atoms with Crippen LogP contribution in [0.3, 0.4) is 0 Å². The first-order valence-corrected chi connectivity index (χ1v) is 11.1. The summed E-state index contributed by atoms with van der Waals surface area (Å²) in [7, 11) is -1.49. The molecule has 2 heteroatoms. The molecule has 0 amide bonds. The summed E-state index contributed by atoms with van der Waals surface area (Å²) in [6.07, 6.45) is 17.8. The fraction of sp³-hybridized carbons (Fsp3) is 0.765. The zero-order valence-electron chi connectivity index (χ0n) is 13.2. The van der Waals surface area contributed by atoms with Gasteiger partial charge in [-0.25, -0.2) is 0 Å². The van der Waals surface area contributed by atoms with Crippen molar-refractivity contribution in [3.05, 3.63) is 24.3 Å². The smallest absolute Gasteiger partial charge is 0.133 e. The van der Waals surface area contributed by atoms with Crippen LogP contribution in [0.15, 0.2) is 24.3 Å². The van der Waals surface area contributed by atoms with Crippen molar-refractivity contribution in [3.8, 4) is 0 Å². The molecule has 19 heavy (non-hydrogen) atoms. The Balaban J connectivity index is 2.10. The van der Waals surface area contributed by atoms with E-state index in [0.717, 1.165) is 12.0 Å². The number of allylic oxidation sites excluding steroid dienone is 4. The SMILES string of the molecule is CC(C)CC1([Si](C)(C)NC2CCCCC2)C=CC=C1. The van der Waals surface area contributed by atoms with Gasteiger partial charge in [0, 0.05) is 11.1 Å². The lowest BCUT2D eigenvalue weighted by molar-refractivity contribution is 0.407. The first-order chi connectivity index (χ1) is 8.95. The molecular formula is C17H31NSi. The van der Waals surface area contributed by atoms with Gasteiger partial charge in [0.15, 0.2) is 0 Å². The Hall–Kier alpha value is -0.343. The minimum Gasteiger partial charge on any atom is -0.334 e. The van der Waals surface area contributed by atoms with E-state index in [0.29, 0.717) is 5.04 Å². The van der Waals surface area contributed by atoms with Crippen LogP contribution in [0.5, 0.6) is 0 Å². The molecule has 108 valence electrons. The highest BCUT2D eigenvalue weighted by Crippen LogP contribution is 2.48. The fourth-order valence-corrected chi connectivity index (χ4v) is 7.41. The lowest BCUT2D eigenvalue weighted by Gasteiger charge is -2.45. The Kier molecular flexibility index (Phi) is 4.73. The number of nitrogens with one attached hydrogen (secondary N) is 1. The molecule has 0 aromatic rings. The quantitative estimate of drug-likeness (QED) is 0.695. The predicted octanol–water partition coefficient (Wildman–Crippen LogP) is 5.03. The second-order valence-corrected chi connectivity index (χ2v) is 11.9. The van der Waals surface area contributed by atoms with Gasteiger partial charge in [0.25, 0.3) is 0 Å². The van der Waals surface area contributed by atoms with Crippen molar-refractivity contribution in [3.63, 3.8) is 0 Å². The third-order valence-electron chi connectivity index (χ3n) is 4.98. The van der Waals surface area contributed by atoms with Crippen LogP contribution in [-0.4, -0.2) is 14.3 Å². The Labute approximate surface area is 120 Å². The summed E-state index contributed by atoms with van der Waals surface area (Å²) in [6, 6.07) is 0.779. The first-order valence-electron chi connectivity index (χ1n) is 8.10. The monoisotopic (exact) mass is 277 g/mol. The molecule has 0 aromatic heterocycles. The molecule has 2 aliphatic carbocycles. The Morgan fingerprint density at radius 1 is 1.11 bits per heavy atom. The largest absolute Gasteiger partial charge is 0.334 e. The molecule has 0 heterocycles. The number of hydrogen-bond donors (Lipinski definition) is 1. The highest BCUT2D eigenvalue weighted by Gasteiger charge is 2.45. The van der Waals surface area contributed by atoms with Crippen molar-refractivity contribution < 1.29 is 0 Å². The zero-order chi connectivity index (χ0) is 13.9. The van der Waals surface area contributed by atoms with E-state index in [2.05, 4.69) is 56.2 Å². The van der Waals surface area contributed by atoms with Crippen molar-refractivity contribution >= 4 is 8.24 Å². The van der Waals surface area contributed by atoms with E-state index in [-0.39, 0.29) is 0 Å². The first kappa shape index (κ1) is 15.1. The normalized spacial score (nSPS) is 23.4. The molecule has 1 N–H and O–H groups in total. The van der Waals surface area contributed by atoms with E-state index in [1.165, 1.54) is 38.5 Å². The summed E-state index contributed by atoms with van der Waals surface area (Å²) >= 11 is 0.